The summed E-state index contributed by atoms with van der Waals surface area (Å²) in [6.07, 6.45) is 4.36. The number of hydrogen-bond acceptors (Lipinski definition) is 4. The SMILES string of the molecule is CN1C(=N)C2C=C2C(c2ccc(-c3ccc(F)c(C#N)c3)s2)(C2CC2)CC1O. The summed E-state index contributed by atoms with van der Waals surface area (Å²) in [7, 11) is 1.79. The molecule has 1 aromatic heterocycles. The number of rotatable bonds is 3. The van der Waals surface area contributed by atoms with Crippen molar-refractivity contribution in [2.45, 2.75) is 30.9 Å². The molecule has 3 aliphatic rings. The van der Waals surface area contributed by atoms with Gasteiger partial charge in [0.25, 0.3) is 0 Å². The highest BCUT2D eigenvalue weighted by Gasteiger charge is 2.59. The molecule has 0 bridgehead atoms. The van der Waals surface area contributed by atoms with Gasteiger partial charge in [-0.3, -0.25) is 5.41 Å². The largest absolute Gasteiger partial charge is 0.374 e. The molecule has 3 atom stereocenters. The van der Waals surface area contributed by atoms with Gasteiger partial charge in [0, 0.05) is 28.6 Å². The Bertz CT molecular complexity index is 1060. The summed E-state index contributed by atoms with van der Waals surface area (Å²) in [4.78, 5) is 3.88. The third kappa shape index (κ3) is 2.47. The Balaban J connectivity index is 1.58. The number of benzene rings is 1. The molecule has 1 aromatic carbocycles. The van der Waals surface area contributed by atoms with E-state index in [9.17, 15) is 9.50 Å². The first-order chi connectivity index (χ1) is 13.5. The summed E-state index contributed by atoms with van der Waals surface area (Å²) in [6, 6.07) is 10.7. The number of aliphatic hydroxyl groups is 1. The highest BCUT2D eigenvalue weighted by molar-refractivity contribution is 7.15. The number of fused-ring (bicyclic) bond motifs is 1. The van der Waals surface area contributed by atoms with Gasteiger partial charge in [-0.15, -0.1) is 11.3 Å². The standard InChI is InChI=1S/C22H20FN3OS/c1-26-20(27)10-22(14-3-4-14,16-9-15(16)21(26)25)19-7-6-18(28-19)12-2-5-17(23)13(8-12)11-24/h2,5-9,14-15,20,25,27H,3-4,10H2,1H3. The molecule has 0 amide bonds. The molecular formula is C22H20FN3OS. The number of hydrogen-bond donors (Lipinski definition) is 2. The van der Waals surface area contributed by atoms with Gasteiger partial charge in [0.2, 0.25) is 0 Å². The van der Waals surface area contributed by atoms with E-state index >= 15 is 0 Å². The van der Waals surface area contributed by atoms with Crippen molar-refractivity contribution in [3.8, 4) is 16.5 Å². The number of aliphatic hydroxyl groups excluding tert-OH is 1. The molecule has 2 heterocycles. The minimum Gasteiger partial charge on any atom is -0.374 e. The highest BCUT2D eigenvalue weighted by Crippen LogP contribution is 2.63. The maximum atomic E-state index is 13.7. The zero-order valence-corrected chi connectivity index (χ0v) is 16.3. The topological polar surface area (TPSA) is 71.1 Å². The molecule has 1 saturated carbocycles. The smallest absolute Gasteiger partial charge is 0.140 e. The van der Waals surface area contributed by atoms with E-state index < -0.39 is 12.0 Å². The first-order valence-electron chi connectivity index (χ1n) is 9.47. The minimum absolute atomic E-state index is 0.0318. The molecule has 0 spiro atoms. The van der Waals surface area contributed by atoms with Crippen LogP contribution >= 0.6 is 11.3 Å². The van der Waals surface area contributed by atoms with Gasteiger partial charge >= 0.3 is 0 Å². The molecule has 1 aliphatic heterocycles. The maximum Gasteiger partial charge on any atom is 0.140 e. The number of likely N-dealkylation sites (tertiary alicyclic amines) is 1. The number of thiophene rings is 1. The van der Waals surface area contributed by atoms with Gasteiger partial charge in [-0.1, -0.05) is 12.1 Å². The van der Waals surface area contributed by atoms with Crippen LogP contribution in [0.5, 0.6) is 0 Å². The summed E-state index contributed by atoms with van der Waals surface area (Å²) in [6.45, 7) is 0. The van der Waals surface area contributed by atoms with E-state index in [1.54, 1.807) is 35.4 Å². The molecule has 142 valence electrons. The van der Waals surface area contributed by atoms with Crippen molar-refractivity contribution in [1.29, 1.82) is 10.7 Å². The summed E-state index contributed by atoms with van der Waals surface area (Å²) >= 11 is 1.66. The van der Waals surface area contributed by atoms with Crippen LogP contribution in [-0.4, -0.2) is 29.1 Å². The van der Waals surface area contributed by atoms with Gasteiger partial charge in [-0.2, -0.15) is 5.26 Å². The fraction of sp³-hybridized carbons (Fsp3) is 0.364. The predicted molar refractivity (Wildman–Crippen MR) is 107 cm³/mol. The molecule has 0 radical (unpaired) electrons. The number of nitriles is 1. The van der Waals surface area contributed by atoms with Crippen molar-refractivity contribution in [3.05, 3.63) is 58.2 Å². The fourth-order valence-electron chi connectivity index (χ4n) is 4.63. The fourth-order valence-corrected chi connectivity index (χ4v) is 5.93. The molecule has 5 rings (SSSR count). The quantitative estimate of drug-likeness (QED) is 0.766. The second-order valence-corrected chi connectivity index (χ2v) is 9.08. The van der Waals surface area contributed by atoms with Gasteiger partial charge in [0.15, 0.2) is 0 Å². The van der Waals surface area contributed by atoms with Gasteiger partial charge < -0.3 is 10.0 Å². The zero-order chi connectivity index (χ0) is 19.6. The van der Waals surface area contributed by atoms with E-state index in [0.717, 1.165) is 23.3 Å². The maximum absolute atomic E-state index is 13.7. The normalized spacial score (nSPS) is 29.0. The van der Waals surface area contributed by atoms with Gasteiger partial charge in [0.1, 0.15) is 23.9 Å². The first-order valence-corrected chi connectivity index (χ1v) is 10.3. The van der Waals surface area contributed by atoms with Crippen LogP contribution in [0.2, 0.25) is 0 Å². The van der Waals surface area contributed by atoms with Crippen LogP contribution < -0.4 is 0 Å². The second-order valence-electron chi connectivity index (χ2n) is 8.00. The summed E-state index contributed by atoms with van der Waals surface area (Å²) < 4.78 is 13.7. The average molecular weight is 393 g/mol. The Labute approximate surface area is 167 Å². The van der Waals surface area contributed by atoms with Crippen LogP contribution in [0.1, 0.15) is 29.7 Å². The molecule has 2 aromatic rings. The van der Waals surface area contributed by atoms with Crippen molar-refractivity contribution >= 4 is 17.2 Å². The molecule has 2 aliphatic carbocycles. The second kappa shape index (κ2) is 6.00. The lowest BCUT2D eigenvalue weighted by Crippen LogP contribution is -2.39. The molecule has 28 heavy (non-hydrogen) atoms. The number of amidine groups is 1. The molecule has 2 fully saturated rings. The van der Waals surface area contributed by atoms with Gasteiger partial charge in [-0.25, -0.2) is 4.39 Å². The van der Waals surface area contributed by atoms with Crippen LogP contribution in [0, 0.1) is 34.4 Å². The first kappa shape index (κ1) is 17.6. The van der Waals surface area contributed by atoms with Crippen molar-refractivity contribution in [2.24, 2.45) is 11.8 Å². The third-order valence-electron chi connectivity index (χ3n) is 6.40. The molecule has 1 saturated heterocycles. The molecule has 6 heteroatoms. The van der Waals surface area contributed by atoms with E-state index in [0.29, 0.717) is 18.2 Å². The van der Waals surface area contributed by atoms with Crippen molar-refractivity contribution in [3.63, 3.8) is 0 Å². The van der Waals surface area contributed by atoms with E-state index in [4.69, 9.17) is 10.7 Å². The van der Waals surface area contributed by atoms with Crippen molar-refractivity contribution in [2.75, 3.05) is 7.05 Å². The Morgan fingerprint density at radius 1 is 1.32 bits per heavy atom. The van der Waals surface area contributed by atoms with Gasteiger partial charge in [0.05, 0.1) is 11.5 Å². The molecule has 2 N–H and O–H groups in total. The Hall–Kier alpha value is -2.49. The van der Waals surface area contributed by atoms with E-state index in [-0.39, 0.29) is 16.9 Å². The average Bonchev–Trinajstić information content (AvgIpc) is 3.62. The predicted octanol–water partition coefficient (Wildman–Crippen LogP) is 4.26. The van der Waals surface area contributed by atoms with Crippen LogP contribution in [-0.2, 0) is 5.41 Å². The van der Waals surface area contributed by atoms with Crippen LogP contribution in [0.3, 0.4) is 0 Å². The van der Waals surface area contributed by atoms with Crippen LogP contribution in [0.25, 0.3) is 10.4 Å². The van der Waals surface area contributed by atoms with E-state index in [1.807, 2.05) is 12.1 Å². The summed E-state index contributed by atoms with van der Waals surface area (Å²) in [5.41, 5.74) is 1.94. The summed E-state index contributed by atoms with van der Waals surface area (Å²) in [5, 5.41) is 28.2. The van der Waals surface area contributed by atoms with Gasteiger partial charge in [-0.05, 0) is 54.2 Å². The number of nitrogens with one attached hydrogen (secondary N) is 1. The van der Waals surface area contributed by atoms with Crippen molar-refractivity contribution < 1.29 is 9.50 Å². The zero-order valence-electron chi connectivity index (χ0n) is 15.4. The molecule has 4 nitrogen and oxygen atoms in total. The lowest BCUT2D eigenvalue weighted by molar-refractivity contribution is 0.0441. The Morgan fingerprint density at radius 3 is 2.82 bits per heavy atom. The lowest BCUT2D eigenvalue weighted by atomic mass is 9.74. The number of halogens is 1. The Kier molecular flexibility index (Phi) is 3.77. The monoisotopic (exact) mass is 393 g/mol. The van der Waals surface area contributed by atoms with E-state index in [2.05, 4.69) is 12.1 Å². The third-order valence-corrected chi connectivity index (χ3v) is 7.72. The van der Waals surface area contributed by atoms with Crippen molar-refractivity contribution in [1.82, 2.24) is 4.90 Å². The van der Waals surface area contributed by atoms with Crippen LogP contribution in [0.15, 0.2) is 42.0 Å². The summed E-state index contributed by atoms with van der Waals surface area (Å²) in [5.74, 6) is 0.493. The minimum atomic E-state index is -0.677. The van der Waals surface area contributed by atoms with E-state index in [1.165, 1.54) is 16.5 Å². The molecular weight excluding hydrogens is 373 g/mol. The van der Waals surface area contributed by atoms with Crippen LogP contribution in [0.4, 0.5) is 4.39 Å². The Morgan fingerprint density at radius 2 is 2.11 bits per heavy atom. The lowest BCUT2D eigenvalue weighted by Gasteiger charge is -2.34. The highest BCUT2D eigenvalue weighted by atomic mass is 32.1. The number of nitrogens with zero attached hydrogens (tertiary/aromatic N) is 2. The molecule has 3 unspecified atom stereocenters.